The summed E-state index contributed by atoms with van der Waals surface area (Å²) in [6, 6.07) is 5.27. The Bertz CT molecular complexity index is 894. The van der Waals surface area contributed by atoms with Crippen molar-refractivity contribution in [3.8, 4) is 0 Å². The van der Waals surface area contributed by atoms with Crippen molar-refractivity contribution in [2.24, 2.45) is 7.05 Å². The van der Waals surface area contributed by atoms with E-state index in [4.69, 9.17) is 5.11 Å². The normalized spacial score (nSPS) is 16.0. The highest BCUT2D eigenvalue weighted by molar-refractivity contribution is 9.10. The Balaban J connectivity index is 2.13. The highest BCUT2D eigenvalue weighted by Gasteiger charge is 2.26. The SMILES string of the molecule is Cn1c(=O)c(=O)n(C2CCN(C(=O)O)CC2)c2ccc(Br)cc21. The quantitative estimate of drug-likeness (QED) is 0.762. The van der Waals surface area contributed by atoms with E-state index < -0.39 is 17.2 Å². The minimum absolute atomic E-state index is 0.171. The maximum atomic E-state index is 12.5. The lowest BCUT2D eigenvalue weighted by molar-refractivity contribution is 0.125. The van der Waals surface area contributed by atoms with Crippen LogP contribution >= 0.6 is 15.9 Å². The average Bonchev–Trinajstić information content (AvgIpc) is 2.54. The summed E-state index contributed by atoms with van der Waals surface area (Å²) in [7, 11) is 1.58. The predicted molar refractivity (Wildman–Crippen MR) is 89.0 cm³/mol. The molecule has 0 aliphatic carbocycles. The van der Waals surface area contributed by atoms with E-state index in [1.807, 2.05) is 12.1 Å². The summed E-state index contributed by atoms with van der Waals surface area (Å²) in [5.41, 5.74) is 0.228. The summed E-state index contributed by atoms with van der Waals surface area (Å²) in [6.45, 7) is 0.722. The van der Waals surface area contributed by atoms with Crippen LogP contribution in [0.2, 0.25) is 0 Å². The first-order chi connectivity index (χ1) is 10.9. The topological polar surface area (TPSA) is 84.5 Å². The summed E-state index contributed by atoms with van der Waals surface area (Å²) in [6.07, 6.45) is 0.0864. The number of rotatable bonds is 1. The van der Waals surface area contributed by atoms with Crippen LogP contribution in [0.15, 0.2) is 32.3 Å². The lowest BCUT2D eigenvalue weighted by Gasteiger charge is -2.31. The maximum Gasteiger partial charge on any atom is 0.407 e. The fourth-order valence-electron chi connectivity index (χ4n) is 3.11. The molecular formula is C15H16BrN3O4. The van der Waals surface area contributed by atoms with Crippen LogP contribution in [0.25, 0.3) is 11.0 Å². The van der Waals surface area contributed by atoms with E-state index in [9.17, 15) is 14.4 Å². The van der Waals surface area contributed by atoms with Crippen LogP contribution in [0.3, 0.4) is 0 Å². The number of aromatic nitrogens is 2. The summed E-state index contributed by atoms with van der Waals surface area (Å²) in [5.74, 6) is 0. The number of likely N-dealkylation sites (tertiary alicyclic amines) is 1. The molecule has 1 fully saturated rings. The largest absolute Gasteiger partial charge is 0.465 e. The Morgan fingerprint density at radius 2 is 1.83 bits per heavy atom. The van der Waals surface area contributed by atoms with Crippen LogP contribution in [0, 0.1) is 0 Å². The average molecular weight is 382 g/mol. The van der Waals surface area contributed by atoms with Gasteiger partial charge in [-0.2, -0.15) is 0 Å². The second-order valence-electron chi connectivity index (χ2n) is 5.67. The van der Waals surface area contributed by atoms with E-state index in [-0.39, 0.29) is 6.04 Å². The van der Waals surface area contributed by atoms with Crippen molar-refractivity contribution in [2.75, 3.05) is 13.1 Å². The van der Waals surface area contributed by atoms with Crippen LogP contribution < -0.4 is 11.1 Å². The second kappa shape index (κ2) is 5.84. The first-order valence-electron chi connectivity index (χ1n) is 7.29. The van der Waals surface area contributed by atoms with Gasteiger partial charge in [-0.3, -0.25) is 14.2 Å². The van der Waals surface area contributed by atoms with Gasteiger partial charge in [0.25, 0.3) is 0 Å². The van der Waals surface area contributed by atoms with E-state index in [0.29, 0.717) is 37.0 Å². The molecule has 1 aliphatic heterocycles. The highest BCUT2D eigenvalue weighted by Crippen LogP contribution is 2.25. The van der Waals surface area contributed by atoms with Gasteiger partial charge in [-0.1, -0.05) is 15.9 Å². The van der Waals surface area contributed by atoms with Gasteiger partial charge in [0.2, 0.25) is 0 Å². The zero-order chi connectivity index (χ0) is 16.7. The maximum absolute atomic E-state index is 12.5. The van der Waals surface area contributed by atoms with Gasteiger partial charge in [-0.05, 0) is 31.0 Å². The smallest absolute Gasteiger partial charge is 0.407 e. The number of fused-ring (bicyclic) bond motifs is 1. The Hall–Kier alpha value is -2.09. The number of carbonyl (C=O) groups is 1. The fraction of sp³-hybridized carbons (Fsp3) is 0.400. The zero-order valence-electron chi connectivity index (χ0n) is 12.5. The van der Waals surface area contributed by atoms with E-state index >= 15 is 0 Å². The number of hydrogen-bond donors (Lipinski definition) is 1. The van der Waals surface area contributed by atoms with Crippen molar-refractivity contribution < 1.29 is 9.90 Å². The molecule has 7 nitrogen and oxygen atoms in total. The number of halogens is 1. The first-order valence-corrected chi connectivity index (χ1v) is 8.08. The predicted octanol–water partition coefficient (Wildman–Crippen LogP) is 1.78. The molecule has 1 aromatic carbocycles. The Labute approximate surface area is 139 Å². The van der Waals surface area contributed by atoms with Crippen LogP contribution in [0.1, 0.15) is 18.9 Å². The van der Waals surface area contributed by atoms with Gasteiger partial charge in [0.05, 0.1) is 11.0 Å². The van der Waals surface area contributed by atoms with Crippen molar-refractivity contribution in [1.29, 1.82) is 0 Å². The molecule has 122 valence electrons. The molecule has 2 aromatic rings. The monoisotopic (exact) mass is 381 g/mol. The minimum Gasteiger partial charge on any atom is -0.465 e. The molecule has 1 saturated heterocycles. The lowest BCUT2D eigenvalue weighted by Crippen LogP contribution is -2.45. The molecule has 0 spiro atoms. The molecule has 8 heteroatoms. The molecule has 1 aliphatic rings. The number of aryl methyl sites for hydroxylation is 1. The van der Waals surface area contributed by atoms with Crippen molar-refractivity contribution >= 4 is 33.1 Å². The molecule has 2 heterocycles. The third kappa shape index (κ3) is 2.67. The molecule has 23 heavy (non-hydrogen) atoms. The minimum atomic E-state index is -0.950. The van der Waals surface area contributed by atoms with Gasteiger partial charge >= 0.3 is 17.2 Å². The van der Waals surface area contributed by atoms with Crippen molar-refractivity contribution in [2.45, 2.75) is 18.9 Å². The van der Waals surface area contributed by atoms with Crippen molar-refractivity contribution in [3.05, 3.63) is 43.4 Å². The standard InChI is InChI=1S/C15H16BrN3O4/c1-17-12-8-9(16)2-3-11(12)19(14(21)13(17)20)10-4-6-18(7-5-10)15(22)23/h2-3,8,10H,4-7H2,1H3,(H,22,23). The number of hydrogen-bond acceptors (Lipinski definition) is 3. The number of benzene rings is 1. The van der Waals surface area contributed by atoms with Gasteiger partial charge in [-0.25, -0.2) is 4.79 Å². The van der Waals surface area contributed by atoms with E-state index in [2.05, 4.69) is 15.9 Å². The van der Waals surface area contributed by atoms with Crippen molar-refractivity contribution in [1.82, 2.24) is 14.0 Å². The Morgan fingerprint density at radius 1 is 1.17 bits per heavy atom. The second-order valence-corrected chi connectivity index (χ2v) is 6.59. The third-order valence-electron chi connectivity index (χ3n) is 4.36. The van der Waals surface area contributed by atoms with Gasteiger partial charge < -0.3 is 14.6 Å². The number of amides is 1. The number of carboxylic acid groups (broad SMARTS) is 1. The summed E-state index contributed by atoms with van der Waals surface area (Å²) in [5, 5.41) is 9.03. The van der Waals surface area contributed by atoms with Gasteiger partial charge in [0.1, 0.15) is 0 Å². The molecule has 1 aromatic heterocycles. The molecule has 1 N–H and O–H groups in total. The molecular weight excluding hydrogens is 366 g/mol. The molecule has 3 rings (SSSR count). The Morgan fingerprint density at radius 3 is 2.43 bits per heavy atom. The van der Waals surface area contributed by atoms with Gasteiger partial charge in [0.15, 0.2) is 0 Å². The lowest BCUT2D eigenvalue weighted by atomic mass is 10.0. The van der Waals surface area contributed by atoms with Crippen LogP contribution in [0.5, 0.6) is 0 Å². The van der Waals surface area contributed by atoms with Gasteiger partial charge in [-0.15, -0.1) is 0 Å². The van der Waals surface area contributed by atoms with Gasteiger partial charge in [0, 0.05) is 30.7 Å². The highest BCUT2D eigenvalue weighted by atomic mass is 79.9. The zero-order valence-corrected chi connectivity index (χ0v) is 14.1. The summed E-state index contributed by atoms with van der Waals surface area (Å²) < 4.78 is 3.71. The van der Waals surface area contributed by atoms with Crippen LogP contribution in [-0.4, -0.2) is 38.3 Å². The third-order valence-corrected chi connectivity index (χ3v) is 4.86. The molecule has 1 amide bonds. The van der Waals surface area contributed by atoms with E-state index in [1.54, 1.807) is 13.1 Å². The molecule has 0 bridgehead atoms. The molecule has 0 radical (unpaired) electrons. The molecule has 0 saturated carbocycles. The van der Waals surface area contributed by atoms with E-state index in [0.717, 1.165) is 4.47 Å². The fourth-order valence-corrected chi connectivity index (χ4v) is 3.46. The summed E-state index contributed by atoms with van der Waals surface area (Å²) >= 11 is 3.38. The van der Waals surface area contributed by atoms with Crippen LogP contribution in [-0.2, 0) is 7.05 Å². The molecule has 0 unspecified atom stereocenters. The van der Waals surface area contributed by atoms with E-state index in [1.165, 1.54) is 14.0 Å². The number of piperidine rings is 1. The molecule has 0 atom stereocenters. The van der Waals surface area contributed by atoms with Crippen LogP contribution in [0.4, 0.5) is 4.79 Å². The Kier molecular flexibility index (Phi) is 4.01. The first kappa shape index (κ1) is 15.8. The number of nitrogens with zero attached hydrogens (tertiary/aromatic N) is 3. The van der Waals surface area contributed by atoms with Crippen molar-refractivity contribution in [3.63, 3.8) is 0 Å². The summed E-state index contributed by atoms with van der Waals surface area (Å²) in [4.78, 5) is 37.1.